The molecule has 2 heterocycles. The van der Waals surface area contributed by atoms with Crippen molar-refractivity contribution in [2.75, 3.05) is 5.75 Å². The molecule has 1 saturated heterocycles. The first-order valence-corrected chi connectivity index (χ1v) is 11.0. The standard InChI is InChI=1S/C21H21F2N3O3S/c1-12-25-17-7-4-13(8-18(17)29-12)10-21(3)19(24)26-20(2,11-30(21,27)28)15-9-14(22)5-6-16(15)23/h4-9H,10-11H2,1-3H3,(H2,24,26)/t20-,21?/m0/s1. The second-order valence-electron chi connectivity index (χ2n) is 8.16. The van der Waals surface area contributed by atoms with Crippen molar-refractivity contribution < 1.29 is 21.6 Å². The fourth-order valence-electron chi connectivity index (χ4n) is 3.99. The lowest BCUT2D eigenvalue weighted by Crippen LogP contribution is -2.65. The lowest BCUT2D eigenvalue weighted by Gasteiger charge is -2.44. The van der Waals surface area contributed by atoms with Gasteiger partial charge in [0.25, 0.3) is 0 Å². The number of fused-ring (bicyclic) bond motifs is 1. The number of aromatic nitrogens is 1. The van der Waals surface area contributed by atoms with Gasteiger partial charge in [-0.05, 0) is 56.2 Å². The molecule has 0 bridgehead atoms. The number of oxazole rings is 1. The molecule has 1 aliphatic heterocycles. The van der Waals surface area contributed by atoms with E-state index in [0.29, 0.717) is 22.6 Å². The lowest BCUT2D eigenvalue weighted by molar-refractivity contribution is 0.414. The number of nitrogens with one attached hydrogen (secondary N) is 2. The Morgan fingerprint density at radius 3 is 2.63 bits per heavy atom. The third-order valence-electron chi connectivity index (χ3n) is 5.72. The van der Waals surface area contributed by atoms with Gasteiger partial charge in [-0.1, -0.05) is 6.07 Å². The van der Waals surface area contributed by atoms with Crippen LogP contribution < -0.4 is 5.32 Å². The van der Waals surface area contributed by atoms with Gasteiger partial charge in [0.1, 0.15) is 27.7 Å². The average Bonchev–Trinajstić information content (AvgIpc) is 3.01. The van der Waals surface area contributed by atoms with E-state index in [9.17, 15) is 17.2 Å². The van der Waals surface area contributed by atoms with Gasteiger partial charge in [-0.2, -0.15) is 0 Å². The molecule has 2 aromatic carbocycles. The first kappa shape index (κ1) is 20.5. The zero-order valence-corrected chi connectivity index (χ0v) is 17.5. The van der Waals surface area contributed by atoms with E-state index in [4.69, 9.17) is 9.83 Å². The maximum Gasteiger partial charge on any atom is 0.192 e. The van der Waals surface area contributed by atoms with Gasteiger partial charge < -0.3 is 9.73 Å². The summed E-state index contributed by atoms with van der Waals surface area (Å²) in [6.07, 6.45) is 0.0264. The SMILES string of the molecule is Cc1nc2ccc(CC3(C)C(=N)N[C@](C)(c4cc(F)ccc4F)CS3(=O)=O)cc2o1. The highest BCUT2D eigenvalue weighted by atomic mass is 32.2. The molecule has 2 atom stereocenters. The Labute approximate surface area is 172 Å². The number of nitrogens with zero attached hydrogens (tertiary/aromatic N) is 1. The van der Waals surface area contributed by atoms with Crippen LogP contribution in [0, 0.1) is 24.0 Å². The third-order valence-corrected chi connectivity index (χ3v) is 8.40. The molecule has 158 valence electrons. The molecule has 4 rings (SSSR count). The largest absolute Gasteiger partial charge is 0.441 e. The first-order chi connectivity index (χ1) is 13.9. The molecule has 2 N–H and O–H groups in total. The minimum absolute atomic E-state index is 0.0264. The average molecular weight is 433 g/mol. The minimum Gasteiger partial charge on any atom is -0.441 e. The number of halogens is 2. The molecule has 30 heavy (non-hydrogen) atoms. The van der Waals surface area contributed by atoms with Gasteiger partial charge in [-0.25, -0.2) is 22.2 Å². The Hall–Kier alpha value is -2.81. The van der Waals surface area contributed by atoms with E-state index in [-0.39, 0.29) is 17.8 Å². The summed E-state index contributed by atoms with van der Waals surface area (Å²) in [5, 5.41) is 11.3. The Bertz CT molecular complexity index is 1290. The first-order valence-electron chi connectivity index (χ1n) is 9.35. The van der Waals surface area contributed by atoms with Crippen molar-refractivity contribution in [1.29, 1.82) is 5.41 Å². The van der Waals surface area contributed by atoms with Crippen molar-refractivity contribution in [2.24, 2.45) is 0 Å². The predicted octanol–water partition coefficient (Wildman–Crippen LogP) is 3.63. The molecular weight excluding hydrogens is 412 g/mol. The molecule has 1 aromatic heterocycles. The van der Waals surface area contributed by atoms with Crippen molar-refractivity contribution in [3.05, 3.63) is 65.1 Å². The number of aryl methyl sites for hydroxylation is 1. The minimum atomic E-state index is -3.93. The molecule has 0 radical (unpaired) electrons. The molecule has 0 amide bonds. The van der Waals surface area contributed by atoms with Crippen molar-refractivity contribution in [3.63, 3.8) is 0 Å². The highest BCUT2D eigenvalue weighted by molar-refractivity contribution is 7.93. The van der Waals surface area contributed by atoms with E-state index in [1.54, 1.807) is 25.1 Å². The molecule has 6 nitrogen and oxygen atoms in total. The highest BCUT2D eigenvalue weighted by Gasteiger charge is 2.53. The zero-order valence-electron chi connectivity index (χ0n) is 16.7. The van der Waals surface area contributed by atoms with Crippen LogP contribution in [-0.4, -0.2) is 29.7 Å². The van der Waals surface area contributed by atoms with Crippen molar-refractivity contribution >= 4 is 26.8 Å². The van der Waals surface area contributed by atoms with Gasteiger partial charge in [0.15, 0.2) is 21.3 Å². The lowest BCUT2D eigenvalue weighted by atomic mass is 9.90. The molecule has 1 unspecified atom stereocenters. The smallest absolute Gasteiger partial charge is 0.192 e. The second-order valence-corrected chi connectivity index (χ2v) is 10.6. The zero-order chi connectivity index (χ0) is 21.9. The van der Waals surface area contributed by atoms with Crippen molar-refractivity contribution in [3.8, 4) is 0 Å². The van der Waals surface area contributed by atoms with Crippen LogP contribution in [0.5, 0.6) is 0 Å². The summed E-state index contributed by atoms with van der Waals surface area (Å²) in [7, 11) is -3.93. The van der Waals surface area contributed by atoms with E-state index in [1.807, 2.05) is 0 Å². The third kappa shape index (κ3) is 3.17. The molecule has 9 heteroatoms. The Morgan fingerprint density at radius 2 is 1.93 bits per heavy atom. The second kappa shape index (κ2) is 6.60. The predicted molar refractivity (Wildman–Crippen MR) is 109 cm³/mol. The number of amidine groups is 1. The van der Waals surface area contributed by atoms with E-state index in [1.165, 1.54) is 13.8 Å². The van der Waals surface area contributed by atoms with E-state index in [0.717, 1.165) is 18.2 Å². The summed E-state index contributed by atoms with van der Waals surface area (Å²) in [4.78, 5) is 4.22. The van der Waals surface area contributed by atoms with Crippen molar-refractivity contribution in [2.45, 2.75) is 37.5 Å². The maximum absolute atomic E-state index is 14.4. The summed E-state index contributed by atoms with van der Waals surface area (Å²) in [5.74, 6) is -1.66. The monoisotopic (exact) mass is 433 g/mol. The van der Waals surface area contributed by atoms with Gasteiger partial charge in [0.05, 0.1) is 11.3 Å². The summed E-state index contributed by atoms with van der Waals surface area (Å²) < 4.78 is 58.7. The van der Waals surface area contributed by atoms with Gasteiger partial charge in [0.2, 0.25) is 0 Å². The molecule has 1 fully saturated rings. The van der Waals surface area contributed by atoms with Crippen LogP contribution in [-0.2, 0) is 21.8 Å². The fourth-order valence-corrected chi connectivity index (χ4v) is 6.04. The molecule has 1 aliphatic rings. The van der Waals surface area contributed by atoms with E-state index < -0.39 is 37.5 Å². The van der Waals surface area contributed by atoms with Crippen LogP contribution in [0.4, 0.5) is 8.78 Å². The van der Waals surface area contributed by atoms with Gasteiger partial charge >= 0.3 is 0 Å². The van der Waals surface area contributed by atoms with Crippen LogP contribution in [0.25, 0.3) is 11.1 Å². The van der Waals surface area contributed by atoms with Gasteiger partial charge in [0, 0.05) is 12.5 Å². The van der Waals surface area contributed by atoms with Crippen LogP contribution in [0.3, 0.4) is 0 Å². The molecular formula is C21H21F2N3O3S. The molecule has 3 aromatic rings. The summed E-state index contributed by atoms with van der Waals surface area (Å²) in [5.41, 5.74) is 0.268. The fraction of sp³-hybridized carbons (Fsp3) is 0.333. The Kier molecular flexibility index (Phi) is 4.50. The van der Waals surface area contributed by atoms with Crippen LogP contribution in [0.15, 0.2) is 40.8 Å². The van der Waals surface area contributed by atoms with E-state index >= 15 is 0 Å². The Morgan fingerprint density at radius 1 is 1.20 bits per heavy atom. The van der Waals surface area contributed by atoms with Gasteiger partial charge in [-0.15, -0.1) is 0 Å². The maximum atomic E-state index is 14.4. The molecule has 0 spiro atoms. The van der Waals surface area contributed by atoms with Crippen LogP contribution in [0.2, 0.25) is 0 Å². The number of benzene rings is 2. The van der Waals surface area contributed by atoms with Crippen LogP contribution in [0.1, 0.15) is 30.9 Å². The number of sulfone groups is 1. The number of hydrogen-bond acceptors (Lipinski definition) is 5. The van der Waals surface area contributed by atoms with Crippen molar-refractivity contribution in [1.82, 2.24) is 10.3 Å². The van der Waals surface area contributed by atoms with E-state index in [2.05, 4.69) is 10.3 Å². The van der Waals surface area contributed by atoms with Crippen LogP contribution >= 0.6 is 0 Å². The quantitative estimate of drug-likeness (QED) is 0.658. The molecule has 0 aliphatic carbocycles. The number of rotatable bonds is 3. The topological polar surface area (TPSA) is 96.0 Å². The summed E-state index contributed by atoms with van der Waals surface area (Å²) >= 11 is 0. The number of hydrogen-bond donors (Lipinski definition) is 2. The summed E-state index contributed by atoms with van der Waals surface area (Å²) in [6, 6.07) is 8.09. The Balaban J connectivity index is 1.71. The molecule has 0 saturated carbocycles. The van der Waals surface area contributed by atoms with Gasteiger partial charge in [-0.3, -0.25) is 5.41 Å². The normalized spacial score (nSPS) is 26.0. The summed E-state index contributed by atoms with van der Waals surface area (Å²) in [6.45, 7) is 4.65. The highest BCUT2D eigenvalue weighted by Crippen LogP contribution is 2.37.